The number of ether oxygens (including phenoxy) is 1. The molecule has 1 aliphatic rings. The van der Waals surface area contributed by atoms with Crippen LogP contribution in [0.15, 0.2) is 18.3 Å². The summed E-state index contributed by atoms with van der Waals surface area (Å²) in [5.74, 6) is -2.06. The molecule has 146 valence electrons. The molecule has 1 saturated heterocycles. The first kappa shape index (κ1) is 19.8. The van der Waals surface area contributed by atoms with Crippen LogP contribution < -0.4 is 5.46 Å². The van der Waals surface area contributed by atoms with Crippen molar-refractivity contribution in [2.24, 2.45) is 0 Å². The van der Waals surface area contributed by atoms with Crippen LogP contribution in [-0.2, 0) is 14.0 Å². The van der Waals surface area contributed by atoms with E-state index >= 15 is 0 Å². The van der Waals surface area contributed by atoms with E-state index < -0.39 is 41.6 Å². The van der Waals surface area contributed by atoms with Gasteiger partial charge in [0, 0.05) is 23.1 Å². The van der Waals surface area contributed by atoms with Crippen molar-refractivity contribution in [1.29, 1.82) is 0 Å². The minimum absolute atomic E-state index is 0.188. The van der Waals surface area contributed by atoms with Crippen LogP contribution in [0.1, 0.15) is 48.5 Å². The van der Waals surface area contributed by atoms with Gasteiger partial charge in [0.15, 0.2) is 11.6 Å². The van der Waals surface area contributed by atoms with Crippen molar-refractivity contribution in [3.63, 3.8) is 0 Å². The highest BCUT2D eigenvalue weighted by Gasteiger charge is 2.52. The molecular formula is C19H24BF2NO4. The number of nitrogens with zero attached hydrogens (tertiary/aromatic N) is 1. The summed E-state index contributed by atoms with van der Waals surface area (Å²) in [6.45, 7) is 12.7. The highest BCUT2D eigenvalue weighted by atomic mass is 19.2. The van der Waals surface area contributed by atoms with E-state index in [1.807, 2.05) is 27.7 Å². The Bertz CT molecular complexity index is 899. The third kappa shape index (κ3) is 3.48. The number of halogens is 2. The summed E-state index contributed by atoms with van der Waals surface area (Å²) in [6, 6.07) is 2.02. The average molecular weight is 379 g/mol. The molecule has 2 aromatic rings. The summed E-state index contributed by atoms with van der Waals surface area (Å²) in [6.07, 6.45) is 0.765. The quantitative estimate of drug-likeness (QED) is 0.703. The molecule has 0 unspecified atom stereocenters. The minimum atomic E-state index is -1.05. The van der Waals surface area contributed by atoms with E-state index in [0.29, 0.717) is 10.8 Å². The Hall–Kier alpha value is -1.93. The van der Waals surface area contributed by atoms with Gasteiger partial charge in [0.2, 0.25) is 0 Å². The monoisotopic (exact) mass is 379 g/mol. The fraction of sp³-hybridized carbons (Fsp3) is 0.526. The van der Waals surface area contributed by atoms with E-state index in [2.05, 4.69) is 0 Å². The number of carbonyl (C=O) groups is 1. The van der Waals surface area contributed by atoms with Crippen LogP contribution >= 0.6 is 0 Å². The fourth-order valence-electron chi connectivity index (χ4n) is 2.87. The van der Waals surface area contributed by atoms with Crippen LogP contribution in [0, 0.1) is 11.6 Å². The van der Waals surface area contributed by atoms with Crippen LogP contribution in [0.3, 0.4) is 0 Å². The average Bonchev–Trinajstić information content (AvgIpc) is 2.93. The first-order valence-corrected chi connectivity index (χ1v) is 8.81. The predicted molar refractivity (Wildman–Crippen MR) is 99.2 cm³/mol. The second kappa shape index (κ2) is 6.04. The lowest BCUT2D eigenvalue weighted by Gasteiger charge is -2.32. The molecule has 0 atom stereocenters. The number of fused-ring (bicyclic) bond motifs is 1. The van der Waals surface area contributed by atoms with Crippen molar-refractivity contribution in [2.75, 3.05) is 0 Å². The Kier molecular flexibility index (Phi) is 4.43. The number of rotatable bonds is 1. The molecule has 2 heterocycles. The van der Waals surface area contributed by atoms with Gasteiger partial charge < -0.3 is 14.0 Å². The Morgan fingerprint density at radius 3 is 2.11 bits per heavy atom. The summed E-state index contributed by atoms with van der Waals surface area (Å²) in [5.41, 5.74) is -1.34. The molecular weight excluding hydrogens is 355 g/mol. The highest BCUT2D eigenvalue weighted by Crippen LogP contribution is 2.37. The van der Waals surface area contributed by atoms with Crippen molar-refractivity contribution in [2.45, 2.75) is 65.3 Å². The van der Waals surface area contributed by atoms with Crippen LogP contribution in [0.2, 0.25) is 0 Å². The Morgan fingerprint density at radius 2 is 1.59 bits per heavy atom. The van der Waals surface area contributed by atoms with Gasteiger partial charge in [0.1, 0.15) is 5.60 Å². The van der Waals surface area contributed by atoms with Crippen molar-refractivity contribution in [3.05, 3.63) is 30.0 Å². The van der Waals surface area contributed by atoms with Gasteiger partial charge in [0.25, 0.3) is 0 Å². The lowest BCUT2D eigenvalue weighted by atomic mass is 9.79. The van der Waals surface area contributed by atoms with Gasteiger partial charge in [-0.05, 0) is 54.5 Å². The van der Waals surface area contributed by atoms with Crippen molar-refractivity contribution >= 4 is 29.6 Å². The zero-order chi connectivity index (χ0) is 20.4. The molecule has 5 nitrogen and oxygen atoms in total. The maximum Gasteiger partial charge on any atom is 0.497 e. The minimum Gasteiger partial charge on any atom is -0.443 e. The predicted octanol–water partition coefficient (Wildman–Crippen LogP) is 4.00. The third-order valence-corrected chi connectivity index (χ3v) is 4.97. The molecule has 0 N–H and O–H groups in total. The van der Waals surface area contributed by atoms with Crippen LogP contribution in [0.25, 0.3) is 10.9 Å². The van der Waals surface area contributed by atoms with E-state index in [4.69, 9.17) is 14.0 Å². The summed E-state index contributed by atoms with van der Waals surface area (Å²) < 4.78 is 46.4. The maximum absolute atomic E-state index is 13.9. The first-order valence-electron chi connectivity index (χ1n) is 8.81. The lowest BCUT2D eigenvalue weighted by molar-refractivity contribution is 0.00578. The zero-order valence-corrected chi connectivity index (χ0v) is 16.6. The lowest BCUT2D eigenvalue weighted by Crippen LogP contribution is -2.41. The Labute approximate surface area is 157 Å². The van der Waals surface area contributed by atoms with Gasteiger partial charge in [-0.15, -0.1) is 0 Å². The molecule has 8 heteroatoms. The van der Waals surface area contributed by atoms with Gasteiger partial charge in [-0.1, -0.05) is 0 Å². The summed E-state index contributed by atoms with van der Waals surface area (Å²) in [5, 5.41) is 0.332. The smallest absolute Gasteiger partial charge is 0.443 e. The van der Waals surface area contributed by atoms with Gasteiger partial charge >= 0.3 is 13.2 Å². The number of carbonyl (C=O) groups excluding carboxylic acids is 1. The first-order chi connectivity index (χ1) is 12.2. The van der Waals surface area contributed by atoms with Gasteiger partial charge in [-0.3, -0.25) is 4.57 Å². The normalized spacial score (nSPS) is 18.9. The molecule has 0 bridgehead atoms. The summed E-state index contributed by atoms with van der Waals surface area (Å²) in [7, 11) is -0.828. The van der Waals surface area contributed by atoms with E-state index in [1.165, 1.54) is 6.20 Å². The van der Waals surface area contributed by atoms with Crippen molar-refractivity contribution in [1.82, 2.24) is 4.57 Å². The van der Waals surface area contributed by atoms with Gasteiger partial charge in [0.05, 0.1) is 16.7 Å². The number of benzene rings is 1. The SMILES string of the molecule is CC(C)(C)OC(=O)n1cc(B2OC(C)(C)C(C)(C)O2)c2cc(F)c(F)cc21. The van der Waals surface area contributed by atoms with Crippen molar-refractivity contribution in [3.8, 4) is 0 Å². The van der Waals surface area contributed by atoms with E-state index in [0.717, 1.165) is 16.7 Å². The Morgan fingerprint density at radius 1 is 1.07 bits per heavy atom. The molecule has 27 heavy (non-hydrogen) atoms. The van der Waals surface area contributed by atoms with E-state index in [1.54, 1.807) is 20.8 Å². The molecule has 1 aliphatic heterocycles. The Balaban J connectivity index is 2.14. The van der Waals surface area contributed by atoms with Crippen molar-refractivity contribution < 1.29 is 27.6 Å². The zero-order valence-electron chi connectivity index (χ0n) is 16.6. The number of hydrogen-bond donors (Lipinski definition) is 0. The topological polar surface area (TPSA) is 49.7 Å². The molecule has 3 rings (SSSR count). The molecule has 0 aliphatic carbocycles. The summed E-state index contributed by atoms with van der Waals surface area (Å²) >= 11 is 0. The van der Waals surface area contributed by atoms with Gasteiger partial charge in [-0.25, -0.2) is 13.6 Å². The maximum atomic E-state index is 13.9. The number of hydrogen-bond acceptors (Lipinski definition) is 4. The molecule has 0 saturated carbocycles. The molecule has 1 fully saturated rings. The second-order valence-electron chi connectivity index (χ2n) is 8.81. The van der Waals surface area contributed by atoms with Gasteiger partial charge in [-0.2, -0.15) is 0 Å². The summed E-state index contributed by atoms with van der Waals surface area (Å²) in [4.78, 5) is 12.6. The van der Waals surface area contributed by atoms with E-state index in [9.17, 15) is 13.6 Å². The molecule has 0 amide bonds. The molecule has 1 aromatic heterocycles. The number of aromatic nitrogens is 1. The highest BCUT2D eigenvalue weighted by molar-refractivity contribution is 6.65. The van der Waals surface area contributed by atoms with E-state index in [-0.39, 0.29) is 5.52 Å². The standard InChI is InChI=1S/C19H24BF2NO4/c1-17(2,3)25-16(24)23-10-12(11-8-13(21)14(22)9-15(11)23)20-26-18(4,5)19(6,7)27-20/h8-10H,1-7H3. The third-order valence-electron chi connectivity index (χ3n) is 4.97. The molecule has 0 radical (unpaired) electrons. The van der Waals surface area contributed by atoms with Crippen LogP contribution in [-0.4, -0.2) is 34.6 Å². The van der Waals surface area contributed by atoms with Crippen LogP contribution in [0.5, 0.6) is 0 Å². The fourth-order valence-corrected chi connectivity index (χ4v) is 2.87. The largest absolute Gasteiger partial charge is 0.497 e. The second-order valence-corrected chi connectivity index (χ2v) is 8.81. The molecule has 0 spiro atoms. The molecule has 1 aromatic carbocycles. The van der Waals surface area contributed by atoms with Crippen LogP contribution in [0.4, 0.5) is 13.6 Å².